The first kappa shape index (κ1) is 16.4. The van der Waals surface area contributed by atoms with Crippen molar-refractivity contribution in [1.82, 2.24) is 9.55 Å². The number of aromatic nitrogens is 2. The fourth-order valence-corrected chi connectivity index (χ4v) is 4.60. The van der Waals surface area contributed by atoms with Gasteiger partial charge in [0.25, 0.3) is 5.56 Å². The van der Waals surface area contributed by atoms with Crippen molar-refractivity contribution in [2.75, 3.05) is 13.2 Å². The van der Waals surface area contributed by atoms with E-state index in [2.05, 4.69) is 11.1 Å². The number of rotatable bonds is 1. The molecule has 0 spiro atoms. The maximum Gasteiger partial charge on any atom is 0.264 e. The maximum atomic E-state index is 13.9. The van der Waals surface area contributed by atoms with Crippen molar-refractivity contribution < 1.29 is 9.47 Å². The number of hydrogen-bond donors (Lipinski definition) is 0. The lowest BCUT2D eigenvalue weighted by molar-refractivity contribution is 0.126. The smallest absolute Gasteiger partial charge is 0.264 e. The van der Waals surface area contributed by atoms with E-state index >= 15 is 0 Å². The zero-order chi connectivity index (χ0) is 19.4. The van der Waals surface area contributed by atoms with Gasteiger partial charge in [0.05, 0.1) is 29.9 Å². The zero-order valence-corrected chi connectivity index (χ0v) is 15.6. The van der Waals surface area contributed by atoms with E-state index in [1.165, 1.54) is 0 Å². The Labute approximate surface area is 167 Å². The Balaban J connectivity index is 1.73. The van der Waals surface area contributed by atoms with Crippen molar-refractivity contribution in [2.45, 2.75) is 5.92 Å². The second kappa shape index (κ2) is 6.21. The van der Waals surface area contributed by atoms with Gasteiger partial charge in [0.1, 0.15) is 11.5 Å². The van der Waals surface area contributed by atoms with Crippen molar-refractivity contribution in [3.05, 3.63) is 94.4 Å². The van der Waals surface area contributed by atoms with Crippen LogP contribution in [0.2, 0.25) is 0 Å². The Bertz CT molecular complexity index is 1300. The first-order valence-corrected chi connectivity index (χ1v) is 9.76. The Morgan fingerprint density at radius 3 is 2.59 bits per heavy atom. The quantitative estimate of drug-likeness (QED) is 0.501. The largest absolute Gasteiger partial charge is 0.493 e. The fraction of sp³-hybridized carbons (Fsp3) is 0.167. The van der Waals surface area contributed by atoms with Crippen molar-refractivity contribution in [3.8, 4) is 17.2 Å². The standard InChI is InChI=1S/C24H18N2O3/c27-24-21-20-15(13-28-19-11-5-4-9-17(19)20)14-29-22(21)18-10-6-12-25-23(18)26(24)16-7-2-1-3-8-16/h1-12,15,20H,13-14H2/t15-,20-/m1/s1. The summed E-state index contributed by atoms with van der Waals surface area (Å²) in [5.41, 5.74) is 3.08. The van der Waals surface area contributed by atoms with Crippen LogP contribution in [0.4, 0.5) is 0 Å². The molecule has 5 heteroatoms. The molecule has 0 radical (unpaired) electrons. The van der Waals surface area contributed by atoms with Gasteiger partial charge < -0.3 is 9.47 Å². The molecule has 0 fully saturated rings. The molecule has 2 aliphatic heterocycles. The van der Waals surface area contributed by atoms with E-state index in [0.717, 1.165) is 22.4 Å². The van der Waals surface area contributed by atoms with E-state index in [0.29, 0.717) is 30.2 Å². The fourth-order valence-electron chi connectivity index (χ4n) is 4.60. The molecule has 2 aromatic heterocycles. The van der Waals surface area contributed by atoms with E-state index in [9.17, 15) is 4.79 Å². The third-order valence-corrected chi connectivity index (χ3v) is 5.87. The van der Waals surface area contributed by atoms with Gasteiger partial charge in [0.15, 0.2) is 5.65 Å². The van der Waals surface area contributed by atoms with Crippen LogP contribution < -0.4 is 15.0 Å². The van der Waals surface area contributed by atoms with Crippen LogP contribution in [0.1, 0.15) is 17.0 Å². The highest BCUT2D eigenvalue weighted by atomic mass is 16.5. The monoisotopic (exact) mass is 382 g/mol. The number of ether oxygens (including phenoxy) is 2. The zero-order valence-electron chi connectivity index (χ0n) is 15.6. The minimum absolute atomic E-state index is 0.0595. The minimum atomic E-state index is -0.0798. The molecule has 0 aliphatic carbocycles. The summed E-state index contributed by atoms with van der Waals surface area (Å²) in [6.45, 7) is 1.06. The van der Waals surface area contributed by atoms with Gasteiger partial charge in [-0.3, -0.25) is 9.36 Å². The van der Waals surface area contributed by atoms with E-state index in [1.807, 2.05) is 60.7 Å². The van der Waals surface area contributed by atoms with Crippen LogP contribution in [0.3, 0.4) is 0 Å². The van der Waals surface area contributed by atoms with Crippen LogP contribution >= 0.6 is 0 Å². The van der Waals surface area contributed by atoms with Crippen molar-refractivity contribution in [1.29, 1.82) is 0 Å². The number of para-hydroxylation sites is 2. The van der Waals surface area contributed by atoms with Gasteiger partial charge in [0, 0.05) is 23.6 Å². The summed E-state index contributed by atoms with van der Waals surface area (Å²) in [4.78, 5) is 18.4. The van der Waals surface area contributed by atoms with Crippen LogP contribution in [0, 0.1) is 5.92 Å². The number of fused-ring (bicyclic) bond motifs is 7. The Morgan fingerprint density at radius 1 is 0.897 bits per heavy atom. The first-order valence-electron chi connectivity index (χ1n) is 9.76. The molecule has 2 atom stereocenters. The molecular formula is C24H18N2O3. The van der Waals surface area contributed by atoms with Crippen LogP contribution in [0.15, 0.2) is 77.7 Å². The van der Waals surface area contributed by atoms with E-state index < -0.39 is 0 Å². The van der Waals surface area contributed by atoms with Crippen LogP contribution in [0.5, 0.6) is 11.5 Å². The number of nitrogens with zero attached hydrogens (tertiary/aromatic N) is 2. The van der Waals surface area contributed by atoms with Gasteiger partial charge in [-0.1, -0.05) is 36.4 Å². The van der Waals surface area contributed by atoms with Gasteiger partial charge in [0.2, 0.25) is 0 Å². The minimum Gasteiger partial charge on any atom is -0.493 e. The summed E-state index contributed by atoms with van der Waals surface area (Å²) >= 11 is 0. The molecule has 2 aromatic carbocycles. The average molecular weight is 382 g/mol. The van der Waals surface area contributed by atoms with Gasteiger partial charge in [-0.2, -0.15) is 0 Å². The second-order valence-corrected chi connectivity index (χ2v) is 7.49. The topological polar surface area (TPSA) is 53.4 Å². The summed E-state index contributed by atoms with van der Waals surface area (Å²) in [6, 6.07) is 21.5. The van der Waals surface area contributed by atoms with Crippen LogP contribution in [-0.4, -0.2) is 22.8 Å². The highest BCUT2D eigenvalue weighted by Crippen LogP contribution is 2.47. The summed E-state index contributed by atoms with van der Waals surface area (Å²) < 4.78 is 13.8. The highest BCUT2D eigenvalue weighted by molar-refractivity contribution is 5.85. The lowest BCUT2D eigenvalue weighted by Crippen LogP contribution is -2.39. The molecule has 4 aromatic rings. The summed E-state index contributed by atoms with van der Waals surface area (Å²) in [5.74, 6) is 1.54. The van der Waals surface area contributed by atoms with Crippen molar-refractivity contribution in [3.63, 3.8) is 0 Å². The van der Waals surface area contributed by atoms with Crippen LogP contribution in [0.25, 0.3) is 16.7 Å². The lowest BCUT2D eigenvalue weighted by atomic mass is 9.77. The molecule has 0 saturated carbocycles. The predicted octanol–water partition coefficient (Wildman–Crippen LogP) is 3.92. The molecule has 0 saturated heterocycles. The summed E-state index contributed by atoms with van der Waals surface area (Å²) in [5, 5.41) is 0.855. The Hall–Kier alpha value is -3.60. The molecule has 142 valence electrons. The van der Waals surface area contributed by atoms with Crippen LogP contribution in [-0.2, 0) is 0 Å². The number of hydrogen-bond acceptors (Lipinski definition) is 4. The molecule has 4 heterocycles. The summed E-state index contributed by atoms with van der Waals surface area (Å²) in [7, 11) is 0. The van der Waals surface area contributed by atoms with Gasteiger partial charge in [-0.25, -0.2) is 4.98 Å². The van der Waals surface area contributed by atoms with Gasteiger partial charge >= 0.3 is 0 Å². The number of benzene rings is 2. The molecule has 0 amide bonds. The molecular weight excluding hydrogens is 364 g/mol. The second-order valence-electron chi connectivity index (χ2n) is 7.49. The molecule has 5 nitrogen and oxygen atoms in total. The Kier molecular flexibility index (Phi) is 3.50. The SMILES string of the molecule is O=c1c2c(c3cccnc3n1-c1ccccc1)OC[C@H]1COc3ccccc3[C@H]21. The van der Waals surface area contributed by atoms with Crippen molar-refractivity contribution in [2.24, 2.45) is 5.92 Å². The van der Waals surface area contributed by atoms with E-state index in [4.69, 9.17) is 9.47 Å². The van der Waals surface area contributed by atoms with E-state index in [1.54, 1.807) is 10.8 Å². The first-order chi connectivity index (χ1) is 14.3. The molecule has 6 rings (SSSR count). The maximum absolute atomic E-state index is 13.9. The third-order valence-electron chi connectivity index (χ3n) is 5.87. The lowest BCUT2D eigenvalue weighted by Gasteiger charge is -2.38. The molecule has 0 bridgehead atoms. The third kappa shape index (κ3) is 2.34. The van der Waals surface area contributed by atoms with E-state index in [-0.39, 0.29) is 17.4 Å². The normalized spacial score (nSPS) is 19.4. The molecule has 0 unspecified atom stereocenters. The summed E-state index contributed by atoms with van der Waals surface area (Å²) in [6.07, 6.45) is 1.71. The average Bonchev–Trinajstić information content (AvgIpc) is 2.79. The Morgan fingerprint density at radius 2 is 1.69 bits per heavy atom. The van der Waals surface area contributed by atoms with Gasteiger partial charge in [-0.15, -0.1) is 0 Å². The predicted molar refractivity (Wildman–Crippen MR) is 110 cm³/mol. The number of pyridine rings is 2. The van der Waals surface area contributed by atoms with Crippen molar-refractivity contribution >= 4 is 11.0 Å². The molecule has 2 aliphatic rings. The van der Waals surface area contributed by atoms with Gasteiger partial charge in [-0.05, 0) is 30.3 Å². The highest BCUT2D eigenvalue weighted by Gasteiger charge is 2.41. The molecule has 0 N–H and O–H groups in total. The molecule has 29 heavy (non-hydrogen) atoms.